The number of pyridine rings is 1. The predicted octanol–water partition coefficient (Wildman–Crippen LogP) is 3.12. The molecule has 4 rings (SSSR count). The molecule has 1 saturated heterocycles. The summed E-state index contributed by atoms with van der Waals surface area (Å²) in [4.78, 5) is 20.3. The van der Waals surface area contributed by atoms with Gasteiger partial charge in [0, 0.05) is 31.1 Å². The van der Waals surface area contributed by atoms with Crippen LogP contribution in [0.25, 0.3) is 11.0 Å². The van der Waals surface area contributed by atoms with E-state index in [1.54, 1.807) is 6.20 Å². The third-order valence-corrected chi connectivity index (χ3v) is 5.55. The Balaban J connectivity index is 1.59. The van der Waals surface area contributed by atoms with E-state index in [0.717, 1.165) is 49.4 Å². The van der Waals surface area contributed by atoms with E-state index in [0.29, 0.717) is 11.3 Å². The standard InChI is InChI=1S/C23H29N5O2/c1-16(2)28-22-19(14-24-28)13-20(17(3)25-22)23(29)26-21(18-7-5-4-6-8-18)15-27-9-11-30-12-10-27/h4-8,13-14,16,21H,9-12,15H2,1-3H3,(H,26,29). The summed E-state index contributed by atoms with van der Waals surface area (Å²) in [6.45, 7) is 9.98. The smallest absolute Gasteiger partial charge is 0.253 e. The third-order valence-electron chi connectivity index (χ3n) is 5.55. The first-order chi connectivity index (χ1) is 14.5. The van der Waals surface area contributed by atoms with Crippen LogP contribution in [0.5, 0.6) is 0 Å². The summed E-state index contributed by atoms with van der Waals surface area (Å²) in [6, 6.07) is 12.1. The number of benzene rings is 1. The van der Waals surface area contributed by atoms with Gasteiger partial charge in [-0.05, 0) is 32.4 Å². The summed E-state index contributed by atoms with van der Waals surface area (Å²) in [7, 11) is 0. The van der Waals surface area contributed by atoms with Gasteiger partial charge in [-0.15, -0.1) is 0 Å². The Morgan fingerprint density at radius 1 is 1.20 bits per heavy atom. The summed E-state index contributed by atoms with van der Waals surface area (Å²) in [6.07, 6.45) is 1.78. The van der Waals surface area contributed by atoms with Crippen LogP contribution < -0.4 is 5.32 Å². The van der Waals surface area contributed by atoms with Gasteiger partial charge in [0.25, 0.3) is 5.91 Å². The molecule has 1 amide bonds. The Bertz CT molecular complexity index is 1010. The van der Waals surface area contributed by atoms with E-state index in [-0.39, 0.29) is 18.0 Å². The van der Waals surface area contributed by atoms with Crippen LogP contribution in [0.1, 0.15) is 47.5 Å². The molecule has 1 atom stereocenters. The van der Waals surface area contributed by atoms with Crippen molar-refractivity contribution in [1.29, 1.82) is 0 Å². The minimum atomic E-state index is -0.110. The number of fused-ring (bicyclic) bond motifs is 1. The van der Waals surface area contributed by atoms with Gasteiger partial charge in [0.2, 0.25) is 0 Å². The number of nitrogens with zero attached hydrogens (tertiary/aromatic N) is 4. The average molecular weight is 408 g/mol. The van der Waals surface area contributed by atoms with Gasteiger partial charge >= 0.3 is 0 Å². The first kappa shape index (κ1) is 20.5. The fourth-order valence-electron chi connectivity index (χ4n) is 3.87. The maximum Gasteiger partial charge on any atom is 0.253 e. The van der Waals surface area contributed by atoms with Crippen LogP contribution in [0, 0.1) is 6.92 Å². The number of morpholine rings is 1. The molecule has 1 aromatic carbocycles. The number of ether oxygens (including phenoxy) is 1. The number of amides is 1. The highest BCUT2D eigenvalue weighted by atomic mass is 16.5. The number of aryl methyl sites for hydroxylation is 1. The molecule has 1 unspecified atom stereocenters. The van der Waals surface area contributed by atoms with E-state index < -0.39 is 0 Å². The zero-order chi connectivity index (χ0) is 21.1. The Kier molecular flexibility index (Phi) is 6.11. The Labute approximate surface area is 177 Å². The van der Waals surface area contributed by atoms with E-state index >= 15 is 0 Å². The van der Waals surface area contributed by atoms with Crippen LogP contribution in [-0.4, -0.2) is 58.4 Å². The Morgan fingerprint density at radius 2 is 1.93 bits per heavy atom. The molecule has 1 N–H and O–H groups in total. The van der Waals surface area contributed by atoms with Crippen LogP contribution >= 0.6 is 0 Å². The van der Waals surface area contributed by atoms with E-state index in [4.69, 9.17) is 4.74 Å². The number of carbonyl (C=O) groups is 1. The van der Waals surface area contributed by atoms with Crippen molar-refractivity contribution in [2.45, 2.75) is 32.9 Å². The second-order valence-electron chi connectivity index (χ2n) is 8.07. The van der Waals surface area contributed by atoms with Crippen molar-refractivity contribution in [3.05, 3.63) is 59.4 Å². The Hall–Kier alpha value is -2.77. The first-order valence-electron chi connectivity index (χ1n) is 10.5. The van der Waals surface area contributed by atoms with Crippen LogP contribution in [0.4, 0.5) is 0 Å². The lowest BCUT2D eigenvalue weighted by Crippen LogP contribution is -2.43. The van der Waals surface area contributed by atoms with Crippen molar-refractivity contribution in [2.24, 2.45) is 0 Å². The molecule has 1 fully saturated rings. The minimum Gasteiger partial charge on any atom is -0.379 e. The molecule has 0 bridgehead atoms. The van der Waals surface area contributed by atoms with E-state index in [2.05, 4.69) is 46.3 Å². The van der Waals surface area contributed by atoms with Crippen molar-refractivity contribution in [2.75, 3.05) is 32.8 Å². The number of hydrogen-bond donors (Lipinski definition) is 1. The molecular weight excluding hydrogens is 378 g/mol. The highest BCUT2D eigenvalue weighted by Gasteiger charge is 2.22. The predicted molar refractivity (Wildman–Crippen MR) is 117 cm³/mol. The number of hydrogen-bond acceptors (Lipinski definition) is 5. The second-order valence-corrected chi connectivity index (χ2v) is 8.07. The summed E-state index contributed by atoms with van der Waals surface area (Å²) < 4.78 is 7.35. The maximum absolute atomic E-state index is 13.3. The molecule has 0 radical (unpaired) electrons. The fraction of sp³-hybridized carbons (Fsp3) is 0.435. The third kappa shape index (κ3) is 4.37. The number of carbonyl (C=O) groups excluding carboxylic acids is 1. The van der Waals surface area contributed by atoms with Gasteiger partial charge in [-0.2, -0.15) is 5.10 Å². The summed E-state index contributed by atoms with van der Waals surface area (Å²) in [5, 5.41) is 8.55. The molecular formula is C23H29N5O2. The summed E-state index contributed by atoms with van der Waals surface area (Å²) >= 11 is 0. The lowest BCUT2D eigenvalue weighted by molar-refractivity contribution is 0.0332. The molecule has 0 saturated carbocycles. The molecule has 7 nitrogen and oxygen atoms in total. The highest BCUT2D eigenvalue weighted by molar-refractivity contribution is 5.98. The van der Waals surface area contributed by atoms with Gasteiger partial charge < -0.3 is 10.1 Å². The van der Waals surface area contributed by atoms with Gasteiger partial charge in [-0.25, -0.2) is 9.67 Å². The van der Waals surface area contributed by atoms with Crippen LogP contribution in [0.15, 0.2) is 42.6 Å². The number of aromatic nitrogens is 3. The summed E-state index contributed by atoms with van der Waals surface area (Å²) in [5.74, 6) is -0.110. The largest absolute Gasteiger partial charge is 0.379 e. The molecule has 0 aliphatic carbocycles. The number of nitrogens with one attached hydrogen (secondary N) is 1. The topological polar surface area (TPSA) is 72.3 Å². The van der Waals surface area contributed by atoms with Crippen molar-refractivity contribution < 1.29 is 9.53 Å². The van der Waals surface area contributed by atoms with Crippen molar-refractivity contribution >= 4 is 16.9 Å². The fourth-order valence-corrected chi connectivity index (χ4v) is 3.87. The molecule has 30 heavy (non-hydrogen) atoms. The SMILES string of the molecule is Cc1nc2c(cnn2C(C)C)cc1C(=O)NC(CN1CCOCC1)c1ccccc1. The molecule has 3 heterocycles. The molecule has 3 aromatic rings. The van der Waals surface area contributed by atoms with Gasteiger partial charge in [-0.1, -0.05) is 30.3 Å². The maximum atomic E-state index is 13.3. The van der Waals surface area contributed by atoms with Crippen LogP contribution in [0.3, 0.4) is 0 Å². The van der Waals surface area contributed by atoms with Gasteiger partial charge in [0.1, 0.15) is 0 Å². The van der Waals surface area contributed by atoms with Crippen LogP contribution in [0.2, 0.25) is 0 Å². The number of rotatable bonds is 6. The minimum absolute atomic E-state index is 0.106. The van der Waals surface area contributed by atoms with Gasteiger partial charge in [-0.3, -0.25) is 9.69 Å². The van der Waals surface area contributed by atoms with E-state index in [1.165, 1.54) is 0 Å². The van der Waals surface area contributed by atoms with Crippen molar-refractivity contribution in [1.82, 2.24) is 25.0 Å². The van der Waals surface area contributed by atoms with Gasteiger partial charge in [0.15, 0.2) is 5.65 Å². The zero-order valence-corrected chi connectivity index (χ0v) is 17.8. The Morgan fingerprint density at radius 3 is 2.63 bits per heavy atom. The van der Waals surface area contributed by atoms with E-state index in [1.807, 2.05) is 35.9 Å². The highest BCUT2D eigenvalue weighted by Crippen LogP contribution is 2.21. The molecule has 7 heteroatoms. The van der Waals surface area contributed by atoms with Crippen molar-refractivity contribution in [3.63, 3.8) is 0 Å². The lowest BCUT2D eigenvalue weighted by atomic mass is 10.0. The summed E-state index contributed by atoms with van der Waals surface area (Å²) in [5.41, 5.74) is 3.21. The average Bonchev–Trinajstić information content (AvgIpc) is 3.17. The molecule has 1 aliphatic heterocycles. The van der Waals surface area contributed by atoms with E-state index in [9.17, 15) is 4.79 Å². The normalized spacial score (nSPS) is 16.1. The second kappa shape index (κ2) is 8.93. The quantitative estimate of drug-likeness (QED) is 0.680. The first-order valence-corrected chi connectivity index (χ1v) is 10.5. The van der Waals surface area contributed by atoms with Crippen LogP contribution in [-0.2, 0) is 4.74 Å². The molecule has 2 aromatic heterocycles. The molecule has 1 aliphatic rings. The molecule has 0 spiro atoms. The van der Waals surface area contributed by atoms with Crippen molar-refractivity contribution in [3.8, 4) is 0 Å². The van der Waals surface area contributed by atoms with Gasteiger partial charge in [0.05, 0.1) is 36.7 Å². The monoisotopic (exact) mass is 407 g/mol. The molecule has 158 valence electrons. The lowest BCUT2D eigenvalue weighted by Gasteiger charge is -2.31. The zero-order valence-electron chi connectivity index (χ0n) is 17.8.